The van der Waals surface area contributed by atoms with Crippen LogP contribution in [0, 0.1) is 0 Å². The van der Waals surface area contributed by atoms with Gasteiger partial charge in [-0.3, -0.25) is 4.99 Å². The van der Waals surface area contributed by atoms with Crippen LogP contribution in [0.4, 0.5) is 13.2 Å². The monoisotopic (exact) mass is 177 g/mol. The zero-order valence-electron chi connectivity index (χ0n) is 6.56. The third kappa shape index (κ3) is 5.70. The van der Waals surface area contributed by atoms with Crippen molar-refractivity contribution in [3.05, 3.63) is 25.4 Å². The fourth-order valence-corrected chi connectivity index (χ4v) is 0.606. The quantitative estimate of drug-likeness (QED) is 0.585. The lowest BCUT2D eigenvalue weighted by atomic mass is 10.2. The second-order valence-electron chi connectivity index (χ2n) is 2.12. The van der Waals surface area contributed by atoms with Crippen molar-refractivity contribution in [3.8, 4) is 0 Å². The Kier molecular flexibility index (Phi) is 4.33. The smallest absolute Gasteiger partial charge is 0.262 e. The number of allylic oxidation sites excluding steroid dienone is 1. The summed E-state index contributed by atoms with van der Waals surface area (Å²) in [5, 5.41) is 0. The van der Waals surface area contributed by atoms with Crippen molar-refractivity contribution in [1.29, 1.82) is 0 Å². The Bertz CT molecular complexity index is 191. The van der Waals surface area contributed by atoms with E-state index in [1.165, 1.54) is 12.3 Å². The predicted molar refractivity (Wildman–Crippen MR) is 43.1 cm³/mol. The topological polar surface area (TPSA) is 12.4 Å². The second-order valence-corrected chi connectivity index (χ2v) is 2.12. The van der Waals surface area contributed by atoms with E-state index in [-0.39, 0.29) is 6.42 Å². The number of rotatable bonds is 4. The normalized spacial score (nSPS) is 12.8. The van der Waals surface area contributed by atoms with Gasteiger partial charge in [0.15, 0.2) is 0 Å². The first kappa shape index (κ1) is 10.9. The van der Waals surface area contributed by atoms with Gasteiger partial charge in [-0.25, -0.2) is 0 Å². The molecule has 0 rings (SSSR count). The summed E-state index contributed by atoms with van der Waals surface area (Å²) >= 11 is 0. The Balaban J connectivity index is 3.98. The molecule has 0 atom stereocenters. The highest BCUT2D eigenvalue weighted by Gasteiger charge is 2.26. The first-order valence-electron chi connectivity index (χ1n) is 3.36. The maximum Gasteiger partial charge on any atom is 0.389 e. The Morgan fingerprint density at radius 1 is 1.33 bits per heavy atom. The highest BCUT2D eigenvalue weighted by molar-refractivity contribution is 5.94. The lowest BCUT2D eigenvalue weighted by Crippen LogP contribution is -2.09. The molecule has 12 heavy (non-hydrogen) atoms. The molecule has 0 aliphatic carbocycles. The summed E-state index contributed by atoms with van der Waals surface area (Å²) in [6, 6.07) is 0. The summed E-state index contributed by atoms with van der Waals surface area (Å²) in [6.07, 6.45) is -2.64. The van der Waals surface area contributed by atoms with Crippen molar-refractivity contribution in [3.63, 3.8) is 0 Å². The molecule has 0 saturated carbocycles. The van der Waals surface area contributed by atoms with Crippen molar-refractivity contribution in [2.24, 2.45) is 4.99 Å². The van der Waals surface area contributed by atoms with E-state index < -0.39 is 12.6 Å². The molecule has 0 aromatic carbocycles. The van der Waals surface area contributed by atoms with Crippen LogP contribution in [-0.4, -0.2) is 11.9 Å². The van der Waals surface area contributed by atoms with Gasteiger partial charge in [0.2, 0.25) is 0 Å². The second kappa shape index (κ2) is 4.74. The number of hydrogen-bond donors (Lipinski definition) is 0. The Labute approximate surface area is 69.3 Å². The van der Waals surface area contributed by atoms with Crippen LogP contribution < -0.4 is 0 Å². The lowest BCUT2D eigenvalue weighted by Gasteiger charge is -2.04. The predicted octanol–water partition coefficient (Wildman–Crippen LogP) is 3.10. The molecule has 68 valence electrons. The molecule has 0 aromatic rings. The molecular weight excluding hydrogens is 167 g/mol. The molecule has 0 amide bonds. The van der Waals surface area contributed by atoms with Gasteiger partial charge in [-0.2, -0.15) is 13.2 Å². The minimum atomic E-state index is -4.13. The van der Waals surface area contributed by atoms with Crippen molar-refractivity contribution < 1.29 is 13.2 Å². The van der Waals surface area contributed by atoms with Crippen molar-refractivity contribution in [2.75, 3.05) is 0 Å². The molecule has 0 aliphatic rings. The van der Waals surface area contributed by atoms with Gasteiger partial charge < -0.3 is 0 Å². The van der Waals surface area contributed by atoms with E-state index in [1.807, 2.05) is 0 Å². The Morgan fingerprint density at radius 3 is 2.25 bits per heavy atom. The van der Waals surface area contributed by atoms with Gasteiger partial charge in [-0.05, 0) is 12.5 Å². The maximum absolute atomic E-state index is 11.7. The minimum absolute atomic E-state index is 0.140. The van der Waals surface area contributed by atoms with Gasteiger partial charge in [0.1, 0.15) is 0 Å². The molecule has 0 saturated heterocycles. The summed E-state index contributed by atoms with van der Waals surface area (Å²) < 4.78 is 35.0. The average Bonchev–Trinajstić information content (AvgIpc) is 1.96. The fourth-order valence-electron chi connectivity index (χ4n) is 0.606. The molecule has 0 heterocycles. The molecule has 0 N–H and O–H groups in total. The lowest BCUT2D eigenvalue weighted by molar-refractivity contribution is -0.132. The molecule has 0 aliphatic heterocycles. The summed E-state index contributed by atoms with van der Waals surface area (Å²) in [6.45, 7) is 6.61. The van der Waals surface area contributed by atoms with Gasteiger partial charge in [0.05, 0.1) is 0 Å². The molecule has 1 nitrogen and oxygen atoms in total. The van der Waals surface area contributed by atoms with E-state index >= 15 is 0 Å². The molecule has 0 radical (unpaired) electrons. The van der Waals surface area contributed by atoms with Crippen molar-refractivity contribution in [2.45, 2.75) is 19.0 Å². The highest BCUT2D eigenvalue weighted by atomic mass is 19.4. The zero-order valence-corrected chi connectivity index (χ0v) is 6.56. The van der Waals surface area contributed by atoms with E-state index in [9.17, 15) is 13.2 Å². The van der Waals surface area contributed by atoms with E-state index in [2.05, 4.69) is 18.2 Å². The van der Waals surface area contributed by atoms with Gasteiger partial charge >= 0.3 is 6.18 Å². The molecule has 0 fully saturated rings. The summed E-state index contributed by atoms with van der Waals surface area (Å²) in [5.74, 6) is 0. The average molecular weight is 177 g/mol. The SMILES string of the molecule is C=C/N=C(\C=C)CCC(F)(F)F. The van der Waals surface area contributed by atoms with Crippen LogP contribution in [0.15, 0.2) is 30.4 Å². The van der Waals surface area contributed by atoms with Crippen LogP contribution in [0.2, 0.25) is 0 Å². The number of nitrogens with zero attached hydrogens (tertiary/aromatic N) is 1. The summed E-state index contributed by atoms with van der Waals surface area (Å²) in [5.41, 5.74) is 0.308. The third-order valence-electron chi connectivity index (χ3n) is 1.16. The van der Waals surface area contributed by atoms with Gasteiger partial charge in [-0.15, -0.1) is 0 Å². The number of aliphatic imine (C=N–C) groups is 1. The molecule has 0 spiro atoms. The Hall–Kier alpha value is -1.06. The summed E-state index contributed by atoms with van der Waals surface area (Å²) in [7, 11) is 0. The largest absolute Gasteiger partial charge is 0.389 e. The van der Waals surface area contributed by atoms with Crippen LogP contribution >= 0.6 is 0 Å². The number of alkyl halides is 3. The first-order chi connectivity index (χ1) is 5.49. The number of halogens is 3. The van der Waals surface area contributed by atoms with Crippen LogP contribution in [0.5, 0.6) is 0 Å². The van der Waals surface area contributed by atoms with Gasteiger partial charge in [-0.1, -0.05) is 13.2 Å². The van der Waals surface area contributed by atoms with Crippen LogP contribution in [0.3, 0.4) is 0 Å². The van der Waals surface area contributed by atoms with Gasteiger partial charge in [0, 0.05) is 18.3 Å². The minimum Gasteiger partial charge on any atom is -0.262 e. The third-order valence-corrected chi connectivity index (χ3v) is 1.16. The van der Waals surface area contributed by atoms with Crippen molar-refractivity contribution in [1.82, 2.24) is 0 Å². The first-order valence-corrected chi connectivity index (χ1v) is 3.36. The summed E-state index contributed by atoms with van der Waals surface area (Å²) in [4.78, 5) is 3.61. The van der Waals surface area contributed by atoms with E-state index in [0.29, 0.717) is 5.71 Å². The molecule has 0 bridgehead atoms. The fraction of sp³-hybridized carbons (Fsp3) is 0.375. The molecule has 0 aromatic heterocycles. The van der Waals surface area contributed by atoms with Crippen LogP contribution in [0.1, 0.15) is 12.8 Å². The van der Waals surface area contributed by atoms with Crippen LogP contribution in [0.25, 0.3) is 0 Å². The van der Waals surface area contributed by atoms with E-state index in [4.69, 9.17) is 0 Å². The van der Waals surface area contributed by atoms with Crippen molar-refractivity contribution >= 4 is 5.71 Å². The zero-order chi connectivity index (χ0) is 9.61. The van der Waals surface area contributed by atoms with E-state index in [0.717, 1.165) is 0 Å². The molecule has 0 unspecified atom stereocenters. The Morgan fingerprint density at radius 2 is 1.92 bits per heavy atom. The maximum atomic E-state index is 11.7. The number of hydrogen-bond acceptors (Lipinski definition) is 1. The van der Waals surface area contributed by atoms with Gasteiger partial charge in [0.25, 0.3) is 0 Å². The highest BCUT2D eigenvalue weighted by Crippen LogP contribution is 2.21. The molecular formula is C8H10F3N. The molecule has 4 heteroatoms. The standard InChI is InChI=1S/C8H10F3N/c1-3-7(12-4-2)5-6-8(9,10)11/h3-4H,1-2,5-6H2/b12-7+. The van der Waals surface area contributed by atoms with Crippen LogP contribution in [-0.2, 0) is 0 Å². The van der Waals surface area contributed by atoms with E-state index in [1.54, 1.807) is 0 Å².